The lowest BCUT2D eigenvalue weighted by atomic mass is 10.1. The molecule has 3 N–H and O–H groups in total. The molecule has 0 saturated heterocycles. The SMILES string of the molecule is Cc1nc(Nc2cccc(C(=O)NCCCC(=O)O)c2)cc(-c2ccccc2)n1. The van der Waals surface area contributed by atoms with E-state index < -0.39 is 5.97 Å². The molecule has 0 spiro atoms. The highest BCUT2D eigenvalue weighted by atomic mass is 16.4. The van der Waals surface area contributed by atoms with Crippen LogP contribution >= 0.6 is 0 Å². The Balaban J connectivity index is 1.71. The molecule has 0 fully saturated rings. The standard InChI is InChI=1S/C22H22N4O3/c1-15-24-19(16-7-3-2-4-8-16)14-20(25-15)26-18-10-5-9-17(13-18)22(29)23-12-6-11-21(27)28/h2-5,7-10,13-14H,6,11-12H2,1H3,(H,23,29)(H,27,28)(H,24,25,26). The first kappa shape index (κ1) is 20.0. The number of nitrogens with one attached hydrogen (secondary N) is 2. The quantitative estimate of drug-likeness (QED) is 0.506. The lowest BCUT2D eigenvalue weighted by Gasteiger charge is -2.10. The summed E-state index contributed by atoms with van der Waals surface area (Å²) in [6.07, 6.45) is 0.417. The van der Waals surface area contributed by atoms with E-state index in [2.05, 4.69) is 20.6 Å². The van der Waals surface area contributed by atoms with Crippen molar-refractivity contribution in [2.24, 2.45) is 0 Å². The second-order valence-corrected chi connectivity index (χ2v) is 6.51. The minimum Gasteiger partial charge on any atom is -0.481 e. The van der Waals surface area contributed by atoms with Crippen molar-refractivity contribution in [3.63, 3.8) is 0 Å². The third-order valence-electron chi connectivity index (χ3n) is 4.16. The third kappa shape index (κ3) is 5.87. The van der Waals surface area contributed by atoms with Gasteiger partial charge in [-0.2, -0.15) is 0 Å². The molecule has 29 heavy (non-hydrogen) atoms. The number of rotatable bonds is 8. The molecule has 7 nitrogen and oxygen atoms in total. The molecular formula is C22H22N4O3. The van der Waals surface area contributed by atoms with Crippen LogP contribution < -0.4 is 10.6 Å². The molecule has 0 aliphatic rings. The molecule has 0 radical (unpaired) electrons. The number of benzene rings is 2. The average Bonchev–Trinajstić information content (AvgIpc) is 2.71. The smallest absolute Gasteiger partial charge is 0.303 e. The van der Waals surface area contributed by atoms with Crippen molar-refractivity contribution < 1.29 is 14.7 Å². The summed E-state index contributed by atoms with van der Waals surface area (Å²) in [6, 6.07) is 18.8. The van der Waals surface area contributed by atoms with E-state index in [1.165, 1.54) is 0 Å². The number of nitrogens with zero attached hydrogens (tertiary/aromatic N) is 2. The number of carbonyl (C=O) groups is 2. The molecule has 3 rings (SSSR count). The molecule has 0 aliphatic carbocycles. The topological polar surface area (TPSA) is 104 Å². The van der Waals surface area contributed by atoms with E-state index in [0.717, 1.165) is 16.9 Å². The Kier molecular flexibility index (Phi) is 6.52. The number of carboxylic acids is 1. The Morgan fingerprint density at radius 1 is 1.00 bits per heavy atom. The second-order valence-electron chi connectivity index (χ2n) is 6.51. The molecule has 3 aromatic rings. The maximum Gasteiger partial charge on any atom is 0.303 e. The van der Waals surface area contributed by atoms with Crippen LogP contribution in [-0.2, 0) is 4.79 Å². The lowest BCUT2D eigenvalue weighted by Crippen LogP contribution is -2.24. The van der Waals surface area contributed by atoms with Crippen LogP contribution in [0, 0.1) is 6.92 Å². The van der Waals surface area contributed by atoms with Gasteiger partial charge in [-0.15, -0.1) is 0 Å². The van der Waals surface area contributed by atoms with Crippen LogP contribution in [0.25, 0.3) is 11.3 Å². The lowest BCUT2D eigenvalue weighted by molar-refractivity contribution is -0.137. The number of aryl methyl sites for hydroxylation is 1. The van der Waals surface area contributed by atoms with Crippen LogP contribution in [0.4, 0.5) is 11.5 Å². The molecule has 0 aliphatic heterocycles. The summed E-state index contributed by atoms with van der Waals surface area (Å²) < 4.78 is 0. The van der Waals surface area contributed by atoms with Crippen LogP contribution in [0.5, 0.6) is 0 Å². The van der Waals surface area contributed by atoms with Crippen LogP contribution in [0.3, 0.4) is 0 Å². The molecule has 7 heteroatoms. The van der Waals surface area contributed by atoms with Crippen molar-refractivity contribution in [2.75, 3.05) is 11.9 Å². The van der Waals surface area contributed by atoms with Gasteiger partial charge < -0.3 is 15.7 Å². The van der Waals surface area contributed by atoms with Crippen LogP contribution in [-0.4, -0.2) is 33.5 Å². The first-order valence-electron chi connectivity index (χ1n) is 9.29. The molecule has 0 atom stereocenters. The van der Waals surface area contributed by atoms with Crippen molar-refractivity contribution in [1.29, 1.82) is 0 Å². The average molecular weight is 390 g/mol. The van der Waals surface area contributed by atoms with Crippen molar-refractivity contribution in [3.8, 4) is 11.3 Å². The monoisotopic (exact) mass is 390 g/mol. The third-order valence-corrected chi connectivity index (χ3v) is 4.16. The molecule has 148 valence electrons. The van der Waals surface area contributed by atoms with Crippen LogP contribution in [0.15, 0.2) is 60.7 Å². The summed E-state index contributed by atoms with van der Waals surface area (Å²) in [5.41, 5.74) is 3.02. The first-order chi connectivity index (χ1) is 14.0. The number of aromatic nitrogens is 2. The molecule has 1 heterocycles. The zero-order valence-corrected chi connectivity index (χ0v) is 16.1. The van der Waals surface area contributed by atoms with Crippen LogP contribution in [0.1, 0.15) is 29.0 Å². The van der Waals surface area contributed by atoms with E-state index in [4.69, 9.17) is 5.11 Å². The molecule has 1 amide bonds. The van der Waals surface area contributed by atoms with Crippen molar-refractivity contribution in [3.05, 3.63) is 72.1 Å². The highest BCUT2D eigenvalue weighted by molar-refractivity contribution is 5.95. The Labute approximate surface area is 168 Å². The number of carboxylic acid groups (broad SMARTS) is 1. The van der Waals surface area contributed by atoms with Crippen molar-refractivity contribution in [1.82, 2.24) is 15.3 Å². The molecular weight excluding hydrogens is 368 g/mol. The number of amides is 1. The van der Waals surface area contributed by atoms with Gasteiger partial charge in [0.15, 0.2) is 0 Å². The maximum absolute atomic E-state index is 12.3. The van der Waals surface area contributed by atoms with E-state index in [1.807, 2.05) is 49.4 Å². The van der Waals surface area contributed by atoms with E-state index in [9.17, 15) is 9.59 Å². The highest BCUT2D eigenvalue weighted by Crippen LogP contribution is 2.22. The summed E-state index contributed by atoms with van der Waals surface area (Å²) in [5.74, 6) is 0.153. The van der Waals surface area contributed by atoms with Gasteiger partial charge in [0.2, 0.25) is 0 Å². The fraction of sp³-hybridized carbons (Fsp3) is 0.182. The summed E-state index contributed by atoms with van der Waals surface area (Å²) in [7, 11) is 0. The second kappa shape index (κ2) is 9.45. The number of anilines is 2. The first-order valence-corrected chi connectivity index (χ1v) is 9.29. The molecule has 2 aromatic carbocycles. The zero-order valence-electron chi connectivity index (χ0n) is 16.1. The number of hydrogen-bond acceptors (Lipinski definition) is 5. The number of carbonyl (C=O) groups excluding carboxylic acids is 1. The minimum absolute atomic E-state index is 0.0265. The molecule has 0 unspecified atom stereocenters. The molecule has 1 aromatic heterocycles. The van der Waals surface area contributed by atoms with Gasteiger partial charge in [0.05, 0.1) is 5.69 Å². The predicted molar refractivity (Wildman–Crippen MR) is 111 cm³/mol. The fourth-order valence-electron chi connectivity index (χ4n) is 2.82. The number of hydrogen-bond donors (Lipinski definition) is 3. The van der Waals surface area contributed by atoms with Gasteiger partial charge in [0, 0.05) is 35.8 Å². The fourth-order valence-corrected chi connectivity index (χ4v) is 2.82. The minimum atomic E-state index is -0.875. The maximum atomic E-state index is 12.3. The Bertz CT molecular complexity index is 1010. The highest BCUT2D eigenvalue weighted by Gasteiger charge is 2.08. The van der Waals surface area contributed by atoms with Gasteiger partial charge in [0.25, 0.3) is 5.91 Å². The summed E-state index contributed by atoms with van der Waals surface area (Å²) in [4.78, 5) is 31.7. The Morgan fingerprint density at radius 2 is 1.79 bits per heavy atom. The van der Waals surface area contributed by atoms with Gasteiger partial charge in [-0.1, -0.05) is 36.4 Å². The van der Waals surface area contributed by atoms with Gasteiger partial charge in [0.1, 0.15) is 11.6 Å². The Hall–Kier alpha value is -3.74. The summed E-state index contributed by atoms with van der Waals surface area (Å²) >= 11 is 0. The van der Waals surface area contributed by atoms with Crippen molar-refractivity contribution >= 4 is 23.4 Å². The summed E-state index contributed by atoms with van der Waals surface area (Å²) in [5, 5.41) is 14.6. The van der Waals surface area contributed by atoms with E-state index in [-0.39, 0.29) is 12.3 Å². The van der Waals surface area contributed by atoms with Crippen molar-refractivity contribution in [2.45, 2.75) is 19.8 Å². The molecule has 0 saturated carbocycles. The van der Waals surface area contributed by atoms with Gasteiger partial charge >= 0.3 is 5.97 Å². The predicted octanol–water partition coefficient (Wildman–Crippen LogP) is 3.79. The largest absolute Gasteiger partial charge is 0.481 e. The van der Waals surface area contributed by atoms with E-state index >= 15 is 0 Å². The summed E-state index contributed by atoms with van der Waals surface area (Å²) in [6.45, 7) is 2.15. The number of aliphatic carboxylic acids is 1. The molecule has 0 bridgehead atoms. The zero-order chi connectivity index (χ0) is 20.6. The van der Waals surface area contributed by atoms with Gasteiger partial charge in [-0.05, 0) is 31.5 Å². The Morgan fingerprint density at radius 3 is 2.55 bits per heavy atom. The normalized spacial score (nSPS) is 10.4. The van der Waals surface area contributed by atoms with E-state index in [0.29, 0.717) is 30.2 Å². The van der Waals surface area contributed by atoms with Crippen LogP contribution in [0.2, 0.25) is 0 Å². The van der Waals surface area contributed by atoms with Gasteiger partial charge in [-0.3, -0.25) is 9.59 Å². The van der Waals surface area contributed by atoms with E-state index in [1.54, 1.807) is 18.2 Å². The van der Waals surface area contributed by atoms with Gasteiger partial charge in [-0.25, -0.2) is 9.97 Å².